The second-order valence-electron chi connectivity index (χ2n) is 8.49. The highest BCUT2D eigenvalue weighted by Crippen LogP contribution is 2.31. The Bertz CT molecular complexity index is 984. The molecule has 0 spiro atoms. The van der Waals surface area contributed by atoms with Gasteiger partial charge < -0.3 is 14.8 Å². The number of pyridine rings is 1. The Morgan fingerprint density at radius 3 is 2.40 bits per heavy atom. The number of nitrogens with one attached hydrogen (secondary N) is 1. The van der Waals surface area contributed by atoms with Gasteiger partial charge in [0.05, 0.1) is 5.52 Å². The molecule has 1 radical (unpaired) electrons. The van der Waals surface area contributed by atoms with Gasteiger partial charge in [0, 0.05) is 45.6 Å². The molecule has 1 aliphatic carbocycles. The van der Waals surface area contributed by atoms with Gasteiger partial charge in [0.1, 0.15) is 0 Å². The van der Waals surface area contributed by atoms with Crippen molar-refractivity contribution in [2.45, 2.75) is 46.0 Å². The number of carbonyl (C=O) groups excluding carboxylic acids is 2. The minimum Gasteiger partial charge on any atom is -0.339 e. The molecule has 2 aromatic heterocycles. The first-order valence-electron chi connectivity index (χ1n) is 10.9. The number of hydrogen-bond donors (Lipinski definition) is 1. The standard InChI is InChI=1S/C21H29BN5O3/c1-14(28)25-9-11-26(12-10-25)20(29)16-5-3-15(4-6-16)13-27-19-17(23-21(27)30)7-8-18(22-2)24-19/h7-8,15-16H,3-6,9-13H2,1-2H3,(H,23,30). The van der Waals surface area contributed by atoms with Crippen LogP contribution in [-0.2, 0) is 16.1 Å². The molecule has 159 valence electrons. The van der Waals surface area contributed by atoms with Crippen LogP contribution in [0.25, 0.3) is 11.2 Å². The van der Waals surface area contributed by atoms with Crippen LogP contribution < -0.4 is 11.3 Å². The summed E-state index contributed by atoms with van der Waals surface area (Å²) < 4.78 is 1.75. The predicted molar refractivity (Wildman–Crippen MR) is 116 cm³/mol. The number of fused-ring (bicyclic) bond motifs is 1. The van der Waals surface area contributed by atoms with E-state index in [-0.39, 0.29) is 23.4 Å². The van der Waals surface area contributed by atoms with Crippen molar-refractivity contribution < 1.29 is 9.59 Å². The second kappa shape index (κ2) is 8.66. The first-order valence-corrected chi connectivity index (χ1v) is 10.9. The van der Waals surface area contributed by atoms with Crippen molar-refractivity contribution in [3.63, 3.8) is 0 Å². The summed E-state index contributed by atoms with van der Waals surface area (Å²) >= 11 is 0. The summed E-state index contributed by atoms with van der Waals surface area (Å²) in [5.74, 6) is 0.736. The maximum absolute atomic E-state index is 12.9. The van der Waals surface area contributed by atoms with Crippen LogP contribution in [0, 0.1) is 11.8 Å². The molecule has 0 atom stereocenters. The van der Waals surface area contributed by atoms with Gasteiger partial charge >= 0.3 is 5.69 Å². The highest BCUT2D eigenvalue weighted by atomic mass is 16.2. The lowest BCUT2D eigenvalue weighted by Crippen LogP contribution is -2.51. The van der Waals surface area contributed by atoms with E-state index in [4.69, 9.17) is 0 Å². The number of aromatic amines is 1. The summed E-state index contributed by atoms with van der Waals surface area (Å²) in [7, 11) is 1.92. The molecular formula is C21H29BN5O3. The Hall–Kier alpha value is -2.58. The molecule has 0 aromatic carbocycles. The van der Waals surface area contributed by atoms with E-state index in [2.05, 4.69) is 9.97 Å². The van der Waals surface area contributed by atoms with Gasteiger partial charge in [0.2, 0.25) is 11.8 Å². The van der Waals surface area contributed by atoms with Crippen molar-refractivity contribution in [1.82, 2.24) is 24.3 Å². The maximum atomic E-state index is 12.9. The largest absolute Gasteiger partial charge is 0.339 e. The molecule has 2 aromatic rings. The van der Waals surface area contributed by atoms with Gasteiger partial charge in [0.25, 0.3) is 0 Å². The molecular weight excluding hydrogens is 381 g/mol. The van der Waals surface area contributed by atoms with Crippen LogP contribution in [0.15, 0.2) is 16.9 Å². The van der Waals surface area contributed by atoms with Crippen molar-refractivity contribution in [2.75, 3.05) is 26.2 Å². The topological polar surface area (TPSA) is 91.3 Å². The van der Waals surface area contributed by atoms with Gasteiger partial charge in [-0.2, -0.15) is 0 Å². The molecule has 1 saturated carbocycles. The first-order chi connectivity index (χ1) is 14.5. The molecule has 0 unspecified atom stereocenters. The number of piperazine rings is 1. The number of H-pyrrole nitrogens is 1. The van der Waals surface area contributed by atoms with E-state index in [0.717, 1.165) is 36.8 Å². The molecule has 4 rings (SSSR count). The fourth-order valence-corrected chi connectivity index (χ4v) is 4.73. The zero-order valence-corrected chi connectivity index (χ0v) is 17.8. The quantitative estimate of drug-likeness (QED) is 0.748. The van der Waals surface area contributed by atoms with Crippen molar-refractivity contribution >= 4 is 35.9 Å². The molecule has 30 heavy (non-hydrogen) atoms. The Balaban J connectivity index is 1.35. The lowest BCUT2D eigenvalue weighted by Gasteiger charge is -2.37. The molecule has 9 heteroatoms. The van der Waals surface area contributed by atoms with Crippen LogP contribution in [-0.4, -0.2) is 69.6 Å². The molecule has 2 fully saturated rings. The van der Waals surface area contributed by atoms with E-state index in [1.165, 1.54) is 0 Å². The summed E-state index contributed by atoms with van der Waals surface area (Å²) in [4.78, 5) is 48.0. The summed E-state index contributed by atoms with van der Waals surface area (Å²) in [5.41, 5.74) is 2.21. The van der Waals surface area contributed by atoms with Gasteiger partial charge in [-0.05, 0) is 49.3 Å². The number of aromatic nitrogens is 3. The summed E-state index contributed by atoms with van der Waals surface area (Å²) in [6.07, 6.45) is 3.58. The van der Waals surface area contributed by atoms with E-state index in [1.54, 1.807) is 16.4 Å². The monoisotopic (exact) mass is 410 g/mol. The van der Waals surface area contributed by atoms with E-state index in [0.29, 0.717) is 44.3 Å². The fraction of sp³-hybridized carbons (Fsp3) is 0.619. The third kappa shape index (κ3) is 4.15. The van der Waals surface area contributed by atoms with Gasteiger partial charge in [-0.15, -0.1) is 0 Å². The number of carbonyl (C=O) groups is 2. The highest BCUT2D eigenvalue weighted by molar-refractivity contribution is 6.50. The number of nitrogens with zero attached hydrogens (tertiary/aromatic N) is 4. The zero-order chi connectivity index (χ0) is 21.3. The molecule has 0 bridgehead atoms. The number of rotatable bonds is 4. The van der Waals surface area contributed by atoms with Gasteiger partial charge in [-0.3, -0.25) is 14.2 Å². The molecule has 8 nitrogen and oxygen atoms in total. The predicted octanol–water partition coefficient (Wildman–Crippen LogP) is 0.599. The first kappa shape index (κ1) is 20.7. The number of imidazole rings is 1. The lowest BCUT2D eigenvalue weighted by atomic mass is 9.78. The molecule has 2 aliphatic rings. The van der Waals surface area contributed by atoms with Crippen LogP contribution >= 0.6 is 0 Å². The van der Waals surface area contributed by atoms with Crippen LogP contribution in [0.4, 0.5) is 0 Å². The Kier molecular flexibility index (Phi) is 5.97. The number of hydrogen-bond acceptors (Lipinski definition) is 4. The smallest absolute Gasteiger partial charge is 0.327 e. The van der Waals surface area contributed by atoms with Crippen LogP contribution in [0.2, 0.25) is 6.82 Å². The third-order valence-electron chi connectivity index (χ3n) is 6.61. The van der Waals surface area contributed by atoms with Gasteiger partial charge in [-0.25, -0.2) is 9.78 Å². The van der Waals surface area contributed by atoms with E-state index in [1.807, 2.05) is 31.1 Å². The Labute approximate surface area is 176 Å². The Morgan fingerprint density at radius 1 is 1.10 bits per heavy atom. The van der Waals surface area contributed by atoms with E-state index < -0.39 is 0 Å². The maximum Gasteiger partial charge on any atom is 0.327 e. The van der Waals surface area contributed by atoms with Gasteiger partial charge in [0.15, 0.2) is 12.9 Å². The highest BCUT2D eigenvalue weighted by Gasteiger charge is 2.32. The molecule has 2 amide bonds. The second-order valence-corrected chi connectivity index (χ2v) is 8.49. The van der Waals surface area contributed by atoms with Crippen molar-refractivity contribution in [3.8, 4) is 0 Å². The normalized spacial score (nSPS) is 22.3. The van der Waals surface area contributed by atoms with Crippen LogP contribution in [0.3, 0.4) is 0 Å². The molecule has 3 heterocycles. The van der Waals surface area contributed by atoms with Gasteiger partial charge in [-0.1, -0.05) is 6.82 Å². The van der Waals surface area contributed by atoms with Crippen LogP contribution in [0.5, 0.6) is 0 Å². The average Bonchev–Trinajstić information content (AvgIpc) is 3.08. The van der Waals surface area contributed by atoms with Crippen LogP contribution in [0.1, 0.15) is 32.6 Å². The SMILES string of the molecule is C[B]c1ccc2[nH]c(=O)n(CC3CCC(C(=O)N4CCN(C(C)=O)CC4)CC3)c2n1. The fourth-order valence-electron chi connectivity index (χ4n) is 4.73. The van der Waals surface area contributed by atoms with Crippen molar-refractivity contribution in [1.29, 1.82) is 0 Å². The average molecular weight is 410 g/mol. The van der Waals surface area contributed by atoms with E-state index >= 15 is 0 Å². The molecule has 1 aliphatic heterocycles. The third-order valence-corrected chi connectivity index (χ3v) is 6.61. The number of amides is 2. The van der Waals surface area contributed by atoms with E-state index in [9.17, 15) is 14.4 Å². The van der Waals surface area contributed by atoms with Crippen molar-refractivity contribution in [3.05, 3.63) is 22.6 Å². The molecule has 1 N–H and O–H groups in total. The Morgan fingerprint density at radius 2 is 1.77 bits per heavy atom. The summed E-state index contributed by atoms with van der Waals surface area (Å²) in [5, 5.41) is 0. The van der Waals surface area contributed by atoms with Crippen molar-refractivity contribution in [2.24, 2.45) is 11.8 Å². The summed E-state index contributed by atoms with van der Waals surface area (Å²) in [6, 6.07) is 3.80. The summed E-state index contributed by atoms with van der Waals surface area (Å²) in [6.45, 7) is 6.67. The minimum atomic E-state index is -0.118. The lowest BCUT2D eigenvalue weighted by molar-refractivity contribution is -0.142. The molecule has 1 saturated heterocycles. The zero-order valence-electron chi connectivity index (χ0n) is 17.8. The minimum absolute atomic E-state index is 0.0595.